The number of benzene rings is 1. The Hall–Kier alpha value is -0.570. The van der Waals surface area contributed by atoms with E-state index in [2.05, 4.69) is 42.2 Å². The fraction of sp³-hybridized carbons (Fsp3) is 0.647. The first-order chi connectivity index (χ1) is 9.24. The zero-order valence-corrected chi connectivity index (χ0v) is 13.1. The minimum atomic E-state index is -0.514. The fourth-order valence-electron chi connectivity index (χ4n) is 4.11. The third kappa shape index (κ3) is 2.74. The molecule has 2 fully saturated rings. The standard InChI is InChI=1S/C17H25NO.ClH/c1-2-17(19)11-13-18-12-7-6-10-15(18)16(17)14-8-4-3-5-9-14;/h3-5,8-9,15-16,19H,2,6-7,10-13H2,1H3;1H/t15-,16-,17-;/m1./s1. The highest BCUT2D eigenvalue weighted by Gasteiger charge is 2.47. The monoisotopic (exact) mass is 295 g/mol. The van der Waals surface area contributed by atoms with E-state index in [-0.39, 0.29) is 18.3 Å². The van der Waals surface area contributed by atoms with E-state index in [4.69, 9.17) is 0 Å². The zero-order chi connectivity index (χ0) is 13.3. The van der Waals surface area contributed by atoms with Crippen molar-refractivity contribution in [3.8, 4) is 0 Å². The highest BCUT2D eigenvalue weighted by molar-refractivity contribution is 5.85. The highest BCUT2D eigenvalue weighted by Crippen LogP contribution is 2.45. The first-order valence-electron chi connectivity index (χ1n) is 7.76. The maximum atomic E-state index is 11.1. The molecule has 0 unspecified atom stereocenters. The molecule has 0 aliphatic carbocycles. The Bertz CT molecular complexity index is 424. The Morgan fingerprint density at radius 1 is 1.20 bits per heavy atom. The van der Waals surface area contributed by atoms with Crippen LogP contribution in [-0.2, 0) is 0 Å². The lowest BCUT2D eigenvalue weighted by atomic mass is 9.68. The van der Waals surface area contributed by atoms with Gasteiger partial charge in [-0.15, -0.1) is 12.4 Å². The lowest BCUT2D eigenvalue weighted by Gasteiger charge is -2.52. The summed E-state index contributed by atoms with van der Waals surface area (Å²) in [4.78, 5) is 2.62. The molecule has 2 heterocycles. The lowest BCUT2D eigenvalue weighted by molar-refractivity contribution is -0.0801. The Balaban J connectivity index is 0.00000147. The third-order valence-electron chi connectivity index (χ3n) is 5.23. The Morgan fingerprint density at radius 3 is 2.65 bits per heavy atom. The summed E-state index contributed by atoms with van der Waals surface area (Å²) in [6, 6.07) is 11.2. The average molecular weight is 296 g/mol. The van der Waals surface area contributed by atoms with Gasteiger partial charge in [0.25, 0.3) is 0 Å². The Kier molecular flexibility index (Phi) is 5.11. The van der Waals surface area contributed by atoms with Gasteiger partial charge in [-0.3, -0.25) is 4.90 Å². The second-order valence-corrected chi connectivity index (χ2v) is 6.19. The van der Waals surface area contributed by atoms with E-state index in [0.29, 0.717) is 6.04 Å². The molecule has 2 aliphatic rings. The van der Waals surface area contributed by atoms with Crippen LogP contribution in [0.4, 0.5) is 0 Å². The number of fused-ring (bicyclic) bond motifs is 1. The lowest BCUT2D eigenvalue weighted by Crippen LogP contribution is -2.57. The summed E-state index contributed by atoms with van der Waals surface area (Å²) in [5, 5.41) is 11.1. The summed E-state index contributed by atoms with van der Waals surface area (Å²) in [7, 11) is 0. The molecule has 0 spiro atoms. The van der Waals surface area contributed by atoms with Gasteiger partial charge in [-0.1, -0.05) is 43.7 Å². The quantitative estimate of drug-likeness (QED) is 0.901. The second kappa shape index (κ2) is 6.46. The summed E-state index contributed by atoms with van der Waals surface area (Å²) in [6.45, 7) is 4.42. The van der Waals surface area contributed by atoms with E-state index < -0.39 is 5.60 Å². The van der Waals surface area contributed by atoms with E-state index >= 15 is 0 Å². The predicted molar refractivity (Wildman–Crippen MR) is 85.5 cm³/mol. The molecule has 2 saturated heterocycles. The predicted octanol–water partition coefficient (Wildman–Crippen LogP) is 3.59. The van der Waals surface area contributed by atoms with Crippen LogP contribution in [0.5, 0.6) is 0 Å². The molecule has 3 heteroatoms. The van der Waals surface area contributed by atoms with Crippen LogP contribution in [0.25, 0.3) is 0 Å². The van der Waals surface area contributed by atoms with E-state index in [1.54, 1.807) is 0 Å². The van der Waals surface area contributed by atoms with Crippen LogP contribution in [0.3, 0.4) is 0 Å². The third-order valence-corrected chi connectivity index (χ3v) is 5.23. The van der Waals surface area contributed by atoms with Crippen molar-refractivity contribution in [2.24, 2.45) is 0 Å². The van der Waals surface area contributed by atoms with Crippen molar-refractivity contribution >= 4 is 12.4 Å². The van der Waals surface area contributed by atoms with Crippen molar-refractivity contribution in [3.63, 3.8) is 0 Å². The number of aliphatic hydroxyl groups is 1. The van der Waals surface area contributed by atoms with Crippen LogP contribution in [0, 0.1) is 0 Å². The van der Waals surface area contributed by atoms with Gasteiger partial charge in [0.05, 0.1) is 5.60 Å². The second-order valence-electron chi connectivity index (χ2n) is 6.19. The van der Waals surface area contributed by atoms with Gasteiger partial charge in [-0.2, -0.15) is 0 Å². The van der Waals surface area contributed by atoms with E-state index in [0.717, 1.165) is 19.4 Å². The molecule has 3 rings (SSSR count). The minimum absolute atomic E-state index is 0. The van der Waals surface area contributed by atoms with Crippen LogP contribution in [0.15, 0.2) is 30.3 Å². The van der Waals surface area contributed by atoms with Gasteiger partial charge in [-0.25, -0.2) is 0 Å². The van der Waals surface area contributed by atoms with Gasteiger partial charge >= 0.3 is 0 Å². The smallest absolute Gasteiger partial charge is 0.0740 e. The van der Waals surface area contributed by atoms with Gasteiger partial charge in [0.1, 0.15) is 0 Å². The number of piperidine rings is 2. The van der Waals surface area contributed by atoms with Crippen molar-refractivity contribution in [2.75, 3.05) is 13.1 Å². The van der Waals surface area contributed by atoms with Gasteiger partial charge in [0.2, 0.25) is 0 Å². The molecule has 0 saturated carbocycles. The summed E-state index contributed by atoms with van der Waals surface area (Å²) in [6.07, 6.45) is 5.64. The SMILES string of the molecule is CC[C@@]1(O)CCN2CCCC[C@@H]2[C@H]1c1ccccc1.Cl. The molecule has 3 atom stereocenters. The number of halogens is 1. The highest BCUT2D eigenvalue weighted by atomic mass is 35.5. The van der Waals surface area contributed by atoms with Crippen LogP contribution >= 0.6 is 12.4 Å². The van der Waals surface area contributed by atoms with Crippen molar-refractivity contribution in [3.05, 3.63) is 35.9 Å². The van der Waals surface area contributed by atoms with E-state index in [1.807, 2.05) is 0 Å². The first kappa shape index (κ1) is 15.8. The maximum absolute atomic E-state index is 11.1. The molecule has 2 nitrogen and oxygen atoms in total. The summed E-state index contributed by atoms with van der Waals surface area (Å²) in [5.74, 6) is 0.285. The van der Waals surface area contributed by atoms with E-state index in [9.17, 15) is 5.11 Å². The zero-order valence-electron chi connectivity index (χ0n) is 12.3. The molecule has 20 heavy (non-hydrogen) atoms. The van der Waals surface area contributed by atoms with Gasteiger partial charge in [-0.05, 0) is 37.8 Å². The molecule has 0 aromatic heterocycles. The molecular formula is C17H26ClNO. The van der Waals surface area contributed by atoms with Crippen molar-refractivity contribution < 1.29 is 5.11 Å². The fourth-order valence-corrected chi connectivity index (χ4v) is 4.11. The normalized spacial score (nSPS) is 34.1. The molecule has 112 valence electrons. The summed E-state index contributed by atoms with van der Waals surface area (Å²) >= 11 is 0. The molecule has 0 bridgehead atoms. The molecular weight excluding hydrogens is 270 g/mol. The van der Waals surface area contributed by atoms with Crippen molar-refractivity contribution in [2.45, 2.75) is 56.6 Å². The minimum Gasteiger partial charge on any atom is -0.389 e. The number of rotatable bonds is 2. The molecule has 2 aliphatic heterocycles. The topological polar surface area (TPSA) is 23.5 Å². The van der Waals surface area contributed by atoms with Crippen LogP contribution in [0.2, 0.25) is 0 Å². The Morgan fingerprint density at radius 2 is 1.95 bits per heavy atom. The Labute approximate surface area is 128 Å². The van der Waals surface area contributed by atoms with E-state index in [1.165, 1.54) is 31.4 Å². The van der Waals surface area contributed by atoms with Gasteiger partial charge in [0, 0.05) is 18.5 Å². The maximum Gasteiger partial charge on any atom is 0.0740 e. The van der Waals surface area contributed by atoms with Gasteiger partial charge < -0.3 is 5.11 Å². The molecule has 1 aromatic carbocycles. The molecule has 0 amide bonds. The summed E-state index contributed by atoms with van der Waals surface area (Å²) < 4.78 is 0. The van der Waals surface area contributed by atoms with Gasteiger partial charge in [0.15, 0.2) is 0 Å². The number of hydrogen-bond donors (Lipinski definition) is 1. The number of hydrogen-bond acceptors (Lipinski definition) is 2. The largest absolute Gasteiger partial charge is 0.389 e. The molecule has 1 aromatic rings. The number of nitrogens with zero attached hydrogens (tertiary/aromatic N) is 1. The van der Waals surface area contributed by atoms with Crippen molar-refractivity contribution in [1.29, 1.82) is 0 Å². The average Bonchev–Trinajstić information content (AvgIpc) is 2.48. The van der Waals surface area contributed by atoms with Crippen LogP contribution in [-0.4, -0.2) is 34.7 Å². The van der Waals surface area contributed by atoms with Crippen molar-refractivity contribution in [1.82, 2.24) is 4.90 Å². The van der Waals surface area contributed by atoms with Crippen LogP contribution in [0.1, 0.15) is 50.5 Å². The molecule has 1 N–H and O–H groups in total. The summed E-state index contributed by atoms with van der Waals surface area (Å²) in [5.41, 5.74) is 0.809. The molecule has 0 radical (unpaired) electrons. The van der Waals surface area contributed by atoms with Crippen LogP contribution < -0.4 is 0 Å². The first-order valence-corrected chi connectivity index (χ1v) is 7.76.